The van der Waals surface area contributed by atoms with Crippen LogP contribution in [0.2, 0.25) is 5.02 Å². The molecule has 0 bridgehead atoms. The van der Waals surface area contributed by atoms with Gasteiger partial charge in [0.2, 0.25) is 0 Å². The van der Waals surface area contributed by atoms with E-state index in [4.69, 9.17) is 21.1 Å². The van der Waals surface area contributed by atoms with E-state index in [1.54, 1.807) is 36.4 Å². The van der Waals surface area contributed by atoms with Crippen LogP contribution in [-0.2, 0) is 9.59 Å². The Bertz CT molecular complexity index is 867. The van der Waals surface area contributed by atoms with Gasteiger partial charge in [0.25, 0.3) is 5.91 Å². The monoisotopic (exact) mass is 402 g/mol. The molecular weight excluding hydrogens is 382 g/mol. The van der Waals surface area contributed by atoms with Gasteiger partial charge < -0.3 is 24.7 Å². The SMILES string of the molecule is CCOc1ccc(/C=C(/NC(=O)COc2cc(C)c(Cl)c(C)c2)C(=O)[O-])cc1. The summed E-state index contributed by atoms with van der Waals surface area (Å²) < 4.78 is 10.8. The Morgan fingerprint density at radius 1 is 1.07 bits per heavy atom. The molecule has 0 saturated carbocycles. The highest BCUT2D eigenvalue weighted by Crippen LogP contribution is 2.25. The van der Waals surface area contributed by atoms with E-state index in [1.807, 2.05) is 20.8 Å². The number of hydrogen-bond donors (Lipinski definition) is 1. The van der Waals surface area contributed by atoms with Crippen molar-refractivity contribution in [1.82, 2.24) is 5.32 Å². The van der Waals surface area contributed by atoms with Gasteiger partial charge in [0, 0.05) is 5.02 Å². The summed E-state index contributed by atoms with van der Waals surface area (Å²) in [5, 5.41) is 14.3. The van der Waals surface area contributed by atoms with Crippen molar-refractivity contribution in [2.45, 2.75) is 20.8 Å². The van der Waals surface area contributed by atoms with Gasteiger partial charge >= 0.3 is 0 Å². The predicted octanol–water partition coefficient (Wildman–Crippen LogP) is 2.64. The maximum atomic E-state index is 12.1. The highest BCUT2D eigenvalue weighted by atomic mass is 35.5. The third-order valence-electron chi connectivity index (χ3n) is 3.78. The van der Waals surface area contributed by atoms with E-state index >= 15 is 0 Å². The zero-order valence-corrected chi connectivity index (χ0v) is 16.6. The van der Waals surface area contributed by atoms with E-state index < -0.39 is 11.9 Å². The topological polar surface area (TPSA) is 87.7 Å². The quantitative estimate of drug-likeness (QED) is 0.686. The predicted molar refractivity (Wildman–Crippen MR) is 105 cm³/mol. The third-order valence-corrected chi connectivity index (χ3v) is 4.37. The van der Waals surface area contributed by atoms with Gasteiger partial charge in [-0.25, -0.2) is 0 Å². The molecule has 28 heavy (non-hydrogen) atoms. The summed E-state index contributed by atoms with van der Waals surface area (Å²) >= 11 is 6.10. The van der Waals surface area contributed by atoms with E-state index in [1.165, 1.54) is 6.08 Å². The van der Waals surface area contributed by atoms with Gasteiger partial charge in [-0.15, -0.1) is 0 Å². The number of carboxylic acid groups (broad SMARTS) is 1. The maximum Gasteiger partial charge on any atom is 0.262 e. The fourth-order valence-corrected chi connectivity index (χ4v) is 2.57. The lowest BCUT2D eigenvalue weighted by molar-refractivity contribution is -0.299. The number of benzene rings is 2. The van der Waals surface area contributed by atoms with E-state index in [9.17, 15) is 14.7 Å². The third kappa shape index (κ3) is 6.03. The molecular formula is C21H21ClNO5-. The van der Waals surface area contributed by atoms with E-state index in [0.717, 1.165) is 11.1 Å². The Labute approximate surface area is 168 Å². The summed E-state index contributed by atoms with van der Waals surface area (Å²) in [7, 11) is 0. The number of carbonyl (C=O) groups is 2. The zero-order valence-electron chi connectivity index (χ0n) is 15.9. The maximum absolute atomic E-state index is 12.1. The molecule has 2 aromatic rings. The van der Waals surface area contributed by atoms with Crippen LogP contribution in [-0.4, -0.2) is 25.1 Å². The summed E-state index contributed by atoms with van der Waals surface area (Å²) in [5.74, 6) is -0.979. The Morgan fingerprint density at radius 2 is 1.68 bits per heavy atom. The first kappa shape index (κ1) is 21.3. The first-order valence-electron chi connectivity index (χ1n) is 8.65. The number of carbonyl (C=O) groups excluding carboxylic acids is 2. The van der Waals surface area contributed by atoms with E-state index in [2.05, 4.69) is 5.32 Å². The minimum atomic E-state index is -1.50. The van der Waals surface area contributed by atoms with Gasteiger partial charge in [0.1, 0.15) is 11.5 Å². The van der Waals surface area contributed by atoms with Gasteiger partial charge in [0.05, 0.1) is 18.3 Å². The Hall–Kier alpha value is -2.99. The van der Waals surface area contributed by atoms with Crippen molar-refractivity contribution in [2.24, 2.45) is 0 Å². The number of aliphatic carboxylic acids is 1. The molecule has 0 aromatic heterocycles. The summed E-state index contributed by atoms with van der Waals surface area (Å²) in [6.45, 7) is 5.70. The number of amides is 1. The Kier molecular flexibility index (Phi) is 7.46. The summed E-state index contributed by atoms with van der Waals surface area (Å²) in [6.07, 6.45) is 1.31. The molecule has 1 N–H and O–H groups in total. The molecule has 0 fully saturated rings. The van der Waals surface area contributed by atoms with E-state index in [0.29, 0.717) is 28.7 Å². The van der Waals surface area contributed by atoms with Gasteiger partial charge in [-0.1, -0.05) is 23.7 Å². The fraction of sp³-hybridized carbons (Fsp3) is 0.238. The largest absolute Gasteiger partial charge is 0.543 e. The van der Waals surface area contributed by atoms with Crippen LogP contribution in [0.1, 0.15) is 23.6 Å². The van der Waals surface area contributed by atoms with Crippen LogP contribution in [0.3, 0.4) is 0 Å². The van der Waals surface area contributed by atoms with Gasteiger partial charge in [0.15, 0.2) is 6.61 Å². The molecule has 0 radical (unpaired) electrons. The first-order chi connectivity index (χ1) is 13.3. The number of rotatable bonds is 8. The van der Waals surface area contributed by atoms with Crippen molar-refractivity contribution in [3.63, 3.8) is 0 Å². The van der Waals surface area contributed by atoms with Crippen molar-refractivity contribution < 1.29 is 24.2 Å². The molecule has 7 heteroatoms. The molecule has 2 aromatic carbocycles. The number of aryl methyl sites for hydroxylation is 2. The van der Waals surface area contributed by atoms with Crippen LogP contribution in [0, 0.1) is 13.8 Å². The smallest absolute Gasteiger partial charge is 0.262 e. The second-order valence-corrected chi connectivity index (χ2v) is 6.43. The molecule has 148 valence electrons. The number of hydrogen-bond acceptors (Lipinski definition) is 5. The van der Waals surface area contributed by atoms with Crippen LogP contribution in [0.15, 0.2) is 42.1 Å². The van der Waals surface area contributed by atoms with Crippen LogP contribution >= 0.6 is 11.6 Å². The lowest BCUT2D eigenvalue weighted by Gasteiger charge is -2.13. The standard InChI is InChI=1S/C21H22ClNO5/c1-4-27-16-7-5-15(6-8-16)11-18(21(25)26)23-19(24)12-28-17-9-13(2)20(22)14(3)10-17/h5-11H,4,12H2,1-3H3,(H,23,24)(H,25,26)/p-1/b18-11+. The molecule has 0 heterocycles. The van der Waals surface area contributed by atoms with Crippen molar-refractivity contribution >= 4 is 29.6 Å². The molecule has 0 aliphatic carbocycles. The molecule has 2 rings (SSSR count). The summed E-state index contributed by atoms with van der Waals surface area (Å²) in [5.41, 5.74) is 1.86. The van der Waals surface area contributed by atoms with Crippen molar-refractivity contribution in [3.8, 4) is 11.5 Å². The fourth-order valence-electron chi connectivity index (χ4n) is 2.46. The molecule has 0 aliphatic heterocycles. The van der Waals surface area contributed by atoms with Crippen LogP contribution < -0.4 is 19.9 Å². The van der Waals surface area contributed by atoms with Crippen LogP contribution in [0.5, 0.6) is 11.5 Å². The van der Waals surface area contributed by atoms with Gasteiger partial charge in [-0.05, 0) is 67.8 Å². The number of ether oxygens (including phenoxy) is 2. The number of halogens is 1. The number of nitrogens with one attached hydrogen (secondary N) is 1. The minimum Gasteiger partial charge on any atom is -0.543 e. The molecule has 0 aliphatic rings. The second-order valence-electron chi connectivity index (χ2n) is 6.06. The molecule has 0 unspecified atom stereocenters. The van der Waals surface area contributed by atoms with Crippen LogP contribution in [0.25, 0.3) is 6.08 Å². The van der Waals surface area contributed by atoms with Crippen LogP contribution in [0.4, 0.5) is 0 Å². The average Bonchev–Trinajstić information content (AvgIpc) is 2.65. The molecule has 6 nitrogen and oxygen atoms in total. The molecule has 1 amide bonds. The minimum absolute atomic E-state index is 0.353. The molecule has 0 spiro atoms. The normalized spacial score (nSPS) is 11.1. The number of carboxylic acids is 1. The van der Waals surface area contributed by atoms with Crippen molar-refractivity contribution in [1.29, 1.82) is 0 Å². The highest BCUT2D eigenvalue weighted by Gasteiger charge is 2.09. The van der Waals surface area contributed by atoms with E-state index in [-0.39, 0.29) is 12.3 Å². The zero-order chi connectivity index (χ0) is 20.7. The average molecular weight is 403 g/mol. The van der Waals surface area contributed by atoms with Gasteiger partial charge in [-0.3, -0.25) is 4.79 Å². The highest BCUT2D eigenvalue weighted by molar-refractivity contribution is 6.32. The van der Waals surface area contributed by atoms with Crippen molar-refractivity contribution in [2.75, 3.05) is 13.2 Å². The Balaban J connectivity index is 2.03. The summed E-state index contributed by atoms with van der Waals surface area (Å²) in [6, 6.07) is 10.2. The lowest BCUT2D eigenvalue weighted by atomic mass is 10.1. The van der Waals surface area contributed by atoms with Crippen molar-refractivity contribution in [3.05, 3.63) is 63.8 Å². The Morgan fingerprint density at radius 3 is 2.21 bits per heavy atom. The summed E-state index contributed by atoms with van der Waals surface area (Å²) in [4.78, 5) is 23.4. The van der Waals surface area contributed by atoms with Gasteiger partial charge in [-0.2, -0.15) is 0 Å². The molecule has 0 saturated heterocycles. The molecule has 0 atom stereocenters. The first-order valence-corrected chi connectivity index (χ1v) is 9.03. The lowest BCUT2D eigenvalue weighted by Crippen LogP contribution is -2.37. The second kappa shape index (κ2) is 9.80.